The van der Waals surface area contributed by atoms with E-state index in [2.05, 4.69) is 10.1 Å². The number of benzene rings is 1. The van der Waals surface area contributed by atoms with E-state index in [-0.39, 0.29) is 18.0 Å². The van der Waals surface area contributed by atoms with E-state index in [1.165, 1.54) is 16.8 Å². The van der Waals surface area contributed by atoms with Crippen LogP contribution in [0.4, 0.5) is 8.78 Å². The van der Waals surface area contributed by atoms with Crippen molar-refractivity contribution in [3.05, 3.63) is 66.1 Å². The molecule has 0 fully saturated rings. The molecule has 122 valence electrons. The van der Waals surface area contributed by atoms with Crippen molar-refractivity contribution in [1.82, 2.24) is 14.8 Å². The molecule has 1 aromatic carbocycles. The number of hydrogen-bond acceptors (Lipinski definition) is 4. The highest BCUT2D eigenvalue weighted by Gasteiger charge is 2.18. The summed E-state index contributed by atoms with van der Waals surface area (Å²) >= 11 is 0. The molecule has 0 saturated heterocycles. The van der Waals surface area contributed by atoms with E-state index in [9.17, 15) is 13.6 Å². The van der Waals surface area contributed by atoms with Crippen LogP contribution in [0.2, 0.25) is 0 Å². The SMILES string of the molecule is CCOC(=O)c1cc(-c2ccncc2)n(-c2ccc(F)c(F)c2)n1. The first-order valence-electron chi connectivity index (χ1n) is 7.23. The van der Waals surface area contributed by atoms with E-state index < -0.39 is 17.6 Å². The number of ether oxygens (including phenoxy) is 1. The van der Waals surface area contributed by atoms with Gasteiger partial charge < -0.3 is 4.74 Å². The molecule has 5 nitrogen and oxygen atoms in total. The van der Waals surface area contributed by atoms with E-state index in [4.69, 9.17) is 4.74 Å². The first kappa shape index (κ1) is 15.8. The number of rotatable bonds is 4. The second kappa shape index (κ2) is 6.57. The summed E-state index contributed by atoms with van der Waals surface area (Å²) in [5, 5.41) is 4.18. The first-order chi connectivity index (χ1) is 11.6. The first-order valence-corrected chi connectivity index (χ1v) is 7.23. The Morgan fingerprint density at radius 1 is 1.12 bits per heavy atom. The van der Waals surface area contributed by atoms with Crippen molar-refractivity contribution in [2.45, 2.75) is 6.92 Å². The molecule has 24 heavy (non-hydrogen) atoms. The molecule has 0 unspecified atom stereocenters. The van der Waals surface area contributed by atoms with E-state index in [1.807, 2.05) is 0 Å². The Bertz CT molecular complexity index is 879. The molecule has 7 heteroatoms. The van der Waals surface area contributed by atoms with Crippen molar-refractivity contribution < 1.29 is 18.3 Å². The summed E-state index contributed by atoms with van der Waals surface area (Å²) in [6.45, 7) is 1.90. The molecule has 0 aliphatic rings. The number of hydrogen-bond donors (Lipinski definition) is 0. The molecule has 2 heterocycles. The van der Waals surface area contributed by atoms with Crippen LogP contribution in [-0.2, 0) is 4.74 Å². The Hall–Kier alpha value is -3.09. The second-order valence-corrected chi connectivity index (χ2v) is 4.88. The van der Waals surface area contributed by atoms with E-state index in [0.29, 0.717) is 5.69 Å². The van der Waals surface area contributed by atoms with Crippen LogP contribution >= 0.6 is 0 Å². The van der Waals surface area contributed by atoms with Crippen molar-refractivity contribution in [2.24, 2.45) is 0 Å². The van der Waals surface area contributed by atoms with Gasteiger partial charge in [-0.15, -0.1) is 0 Å². The van der Waals surface area contributed by atoms with Crippen molar-refractivity contribution >= 4 is 5.97 Å². The average molecular weight is 329 g/mol. The van der Waals surface area contributed by atoms with Crippen LogP contribution in [0, 0.1) is 11.6 Å². The molecule has 0 aliphatic carbocycles. The predicted octanol–water partition coefficient (Wildman–Crippen LogP) is 3.39. The molecule has 0 bridgehead atoms. The fourth-order valence-electron chi connectivity index (χ4n) is 2.23. The highest BCUT2D eigenvalue weighted by atomic mass is 19.2. The number of halogens is 2. The van der Waals surface area contributed by atoms with Gasteiger partial charge in [0.25, 0.3) is 0 Å². The molecule has 0 N–H and O–H groups in total. The van der Waals surface area contributed by atoms with Gasteiger partial charge in [0.2, 0.25) is 0 Å². The van der Waals surface area contributed by atoms with Crippen LogP contribution in [0.15, 0.2) is 48.8 Å². The largest absolute Gasteiger partial charge is 0.461 e. The minimum atomic E-state index is -0.999. The summed E-state index contributed by atoms with van der Waals surface area (Å²) in [4.78, 5) is 15.9. The lowest BCUT2D eigenvalue weighted by atomic mass is 10.2. The third-order valence-electron chi connectivity index (χ3n) is 3.32. The summed E-state index contributed by atoms with van der Waals surface area (Å²) < 4.78 is 33.1. The van der Waals surface area contributed by atoms with Crippen LogP contribution in [0.3, 0.4) is 0 Å². The highest BCUT2D eigenvalue weighted by Crippen LogP contribution is 2.24. The monoisotopic (exact) mass is 329 g/mol. The maximum Gasteiger partial charge on any atom is 0.358 e. The zero-order chi connectivity index (χ0) is 17.1. The van der Waals surface area contributed by atoms with Crippen LogP contribution < -0.4 is 0 Å². The summed E-state index contributed by atoms with van der Waals surface area (Å²) in [6.07, 6.45) is 3.17. The molecule has 0 amide bonds. The number of pyridine rings is 1. The molecular formula is C17H13F2N3O2. The molecule has 0 saturated carbocycles. The third kappa shape index (κ3) is 3.01. The standard InChI is InChI=1S/C17H13F2N3O2/c1-2-24-17(23)15-10-16(11-5-7-20-8-6-11)22(21-15)12-3-4-13(18)14(19)9-12/h3-10H,2H2,1H3. The Kier molecular flexibility index (Phi) is 4.33. The maximum absolute atomic E-state index is 13.6. The van der Waals surface area contributed by atoms with Crippen LogP contribution in [0.5, 0.6) is 0 Å². The number of carbonyl (C=O) groups is 1. The van der Waals surface area contributed by atoms with Crippen molar-refractivity contribution in [2.75, 3.05) is 6.61 Å². The smallest absolute Gasteiger partial charge is 0.358 e. The highest BCUT2D eigenvalue weighted by molar-refractivity contribution is 5.89. The topological polar surface area (TPSA) is 57.0 Å². The van der Waals surface area contributed by atoms with E-state index in [0.717, 1.165) is 17.7 Å². The zero-order valence-corrected chi connectivity index (χ0v) is 12.7. The minimum Gasteiger partial charge on any atom is -0.461 e. The summed E-state index contributed by atoms with van der Waals surface area (Å²) in [5.41, 5.74) is 1.62. The number of aromatic nitrogens is 3. The van der Waals surface area contributed by atoms with Gasteiger partial charge in [-0.05, 0) is 37.3 Å². The maximum atomic E-state index is 13.6. The Morgan fingerprint density at radius 3 is 2.54 bits per heavy atom. The quantitative estimate of drug-likeness (QED) is 0.689. The van der Waals surface area contributed by atoms with E-state index >= 15 is 0 Å². The van der Waals surface area contributed by atoms with Gasteiger partial charge in [0.1, 0.15) is 0 Å². The summed E-state index contributed by atoms with van der Waals surface area (Å²) in [7, 11) is 0. The van der Waals surface area contributed by atoms with Gasteiger partial charge in [-0.3, -0.25) is 4.98 Å². The van der Waals surface area contributed by atoms with Gasteiger partial charge in [-0.2, -0.15) is 5.10 Å². The lowest BCUT2D eigenvalue weighted by molar-refractivity contribution is 0.0519. The number of nitrogens with zero attached hydrogens (tertiary/aromatic N) is 3. The average Bonchev–Trinajstić information content (AvgIpc) is 3.04. The predicted molar refractivity (Wildman–Crippen MR) is 82.7 cm³/mol. The lowest BCUT2D eigenvalue weighted by Gasteiger charge is -2.07. The number of carbonyl (C=O) groups excluding carboxylic acids is 1. The second-order valence-electron chi connectivity index (χ2n) is 4.88. The minimum absolute atomic E-state index is 0.0772. The Labute approximate surface area is 136 Å². The van der Waals surface area contributed by atoms with Gasteiger partial charge >= 0.3 is 5.97 Å². The van der Waals surface area contributed by atoms with Crippen molar-refractivity contribution in [1.29, 1.82) is 0 Å². The molecule has 0 spiro atoms. The lowest BCUT2D eigenvalue weighted by Crippen LogP contribution is -2.07. The van der Waals surface area contributed by atoms with Gasteiger partial charge in [0, 0.05) is 24.0 Å². The van der Waals surface area contributed by atoms with Crippen molar-refractivity contribution in [3.63, 3.8) is 0 Å². The normalized spacial score (nSPS) is 10.6. The Morgan fingerprint density at radius 2 is 1.88 bits per heavy atom. The molecule has 2 aromatic heterocycles. The van der Waals surface area contributed by atoms with Gasteiger partial charge in [-0.25, -0.2) is 18.3 Å². The van der Waals surface area contributed by atoms with Crippen LogP contribution in [-0.4, -0.2) is 27.3 Å². The molecular weight excluding hydrogens is 316 g/mol. The fourth-order valence-corrected chi connectivity index (χ4v) is 2.23. The Balaban J connectivity index is 2.15. The summed E-state index contributed by atoms with van der Waals surface area (Å²) in [5.74, 6) is -2.54. The molecule has 3 aromatic rings. The van der Waals surface area contributed by atoms with Crippen LogP contribution in [0.25, 0.3) is 16.9 Å². The van der Waals surface area contributed by atoms with Crippen LogP contribution in [0.1, 0.15) is 17.4 Å². The molecule has 3 rings (SSSR count). The molecule has 0 radical (unpaired) electrons. The summed E-state index contributed by atoms with van der Waals surface area (Å²) in [6, 6.07) is 8.39. The molecule has 0 aliphatic heterocycles. The van der Waals surface area contributed by atoms with Gasteiger partial charge in [-0.1, -0.05) is 0 Å². The third-order valence-corrected chi connectivity index (χ3v) is 3.32. The van der Waals surface area contributed by atoms with Gasteiger partial charge in [0.05, 0.1) is 18.0 Å². The molecule has 0 atom stereocenters. The number of esters is 1. The zero-order valence-electron chi connectivity index (χ0n) is 12.7. The van der Waals surface area contributed by atoms with Gasteiger partial charge in [0.15, 0.2) is 17.3 Å². The van der Waals surface area contributed by atoms with E-state index in [1.54, 1.807) is 31.5 Å². The van der Waals surface area contributed by atoms with Crippen molar-refractivity contribution in [3.8, 4) is 16.9 Å². The fraction of sp³-hybridized carbons (Fsp3) is 0.118.